The number of aliphatic hydroxyl groups is 1. The molecule has 0 aromatic heterocycles. The van der Waals surface area contributed by atoms with Gasteiger partial charge in [-0.3, -0.25) is 0 Å². The van der Waals surface area contributed by atoms with Crippen molar-refractivity contribution in [3.63, 3.8) is 0 Å². The van der Waals surface area contributed by atoms with Crippen molar-refractivity contribution in [2.24, 2.45) is 11.8 Å². The van der Waals surface area contributed by atoms with Gasteiger partial charge in [0, 0.05) is 20.3 Å². The van der Waals surface area contributed by atoms with E-state index >= 15 is 0 Å². The summed E-state index contributed by atoms with van der Waals surface area (Å²) >= 11 is 0. The molecule has 0 radical (unpaired) electrons. The lowest BCUT2D eigenvalue weighted by molar-refractivity contribution is 0.0175. The highest BCUT2D eigenvalue weighted by atomic mass is 16.5. The zero-order valence-electron chi connectivity index (χ0n) is 11.6. The highest BCUT2D eigenvalue weighted by Crippen LogP contribution is 2.32. The average Bonchev–Trinajstić information content (AvgIpc) is 2.91. The summed E-state index contributed by atoms with van der Waals surface area (Å²) in [4.78, 5) is 0. The van der Waals surface area contributed by atoms with E-state index in [0.29, 0.717) is 39.0 Å². The molecular formula is C14H28O4. The van der Waals surface area contributed by atoms with Gasteiger partial charge in [0.2, 0.25) is 0 Å². The van der Waals surface area contributed by atoms with Crippen molar-refractivity contribution >= 4 is 0 Å². The van der Waals surface area contributed by atoms with Crippen molar-refractivity contribution in [1.82, 2.24) is 0 Å². The summed E-state index contributed by atoms with van der Waals surface area (Å²) in [5, 5.41) is 9.39. The molecule has 1 fully saturated rings. The Bertz CT molecular complexity index is 181. The molecule has 1 atom stereocenters. The fourth-order valence-electron chi connectivity index (χ4n) is 2.60. The van der Waals surface area contributed by atoms with E-state index in [4.69, 9.17) is 14.2 Å². The lowest BCUT2D eigenvalue weighted by Gasteiger charge is -2.20. The molecule has 0 bridgehead atoms. The average molecular weight is 260 g/mol. The fraction of sp³-hybridized carbons (Fsp3) is 1.00. The zero-order valence-corrected chi connectivity index (χ0v) is 11.6. The number of methoxy groups -OCH3 is 1. The summed E-state index contributed by atoms with van der Waals surface area (Å²) in [5.41, 5.74) is 0. The molecule has 4 nitrogen and oxygen atoms in total. The first kappa shape index (κ1) is 15.9. The van der Waals surface area contributed by atoms with Crippen molar-refractivity contribution in [3.8, 4) is 0 Å². The highest BCUT2D eigenvalue weighted by Gasteiger charge is 2.23. The van der Waals surface area contributed by atoms with Gasteiger partial charge in [-0.2, -0.15) is 0 Å². The summed E-state index contributed by atoms with van der Waals surface area (Å²) in [5.74, 6) is 1.15. The Kier molecular flexibility index (Phi) is 9.48. The molecule has 0 saturated heterocycles. The van der Waals surface area contributed by atoms with Crippen LogP contribution in [-0.2, 0) is 14.2 Å². The largest absolute Gasteiger partial charge is 0.396 e. The van der Waals surface area contributed by atoms with E-state index in [0.717, 1.165) is 18.9 Å². The van der Waals surface area contributed by atoms with Crippen molar-refractivity contribution < 1.29 is 19.3 Å². The molecule has 1 saturated carbocycles. The molecule has 0 aliphatic heterocycles. The first-order chi connectivity index (χ1) is 8.88. The molecule has 1 aliphatic carbocycles. The van der Waals surface area contributed by atoms with Crippen molar-refractivity contribution in [2.75, 3.05) is 46.8 Å². The predicted octanol–water partition coefficient (Wildman–Crippen LogP) is 1.85. The van der Waals surface area contributed by atoms with E-state index in [1.807, 2.05) is 0 Å². The van der Waals surface area contributed by atoms with Gasteiger partial charge in [-0.05, 0) is 18.3 Å². The smallest absolute Gasteiger partial charge is 0.0701 e. The number of ether oxygens (including phenoxy) is 3. The van der Waals surface area contributed by atoms with Crippen molar-refractivity contribution in [3.05, 3.63) is 0 Å². The Labute approximate surface area is 111 Å². The minimum atomic E-state index is 0.304. The maximum atomic E-state index is 9.39. The molecule has 18 heavy (non-hydrogen) atoms. The quantitative estimate of drug-likeness (QED) is 0.576. The molecule has 1 N–H and O–H groups in total. The van der Waals surface area contributed by atoms with Crippen molar-refractivity contribution in [1.29, 1.82) is 0 Å². The summed E-state index contributed by atoms with van der Waals surface area (Å²) in [6, 6.07) is 0. The van der Waals surface area contributed by atoms with Gasteiger partial charge in [0.05, 0.1) is 26.4 Å². The standard InChI is InChI=1S/C14H28O4/c1-16-8-9-18-11-10-17-7-6-14(12-15)13-4-2-3-5-13/h13-15H,2-12H2,1H3. The third-order valence-electron chi connectivity index (χ3n) is 3.74. The Hall–Kier alpha value is -0.160. The lowest BCUT2D eigenvalue weighted by Crippen LogP contribution is -2.19. The summed E-state index contributed by atoms with van der Waals surface area (Å²) < 4.78 is 15.7. The molecule has 0 aromatic rings. The number of rotatable bonds is 11. The van der Waals surface area contributed by atoms with Crippen LogP contribution in [0.4, 0.5) is 0 Å². The zero-order chi connectivity index (χ0) is 13.1. The second-order valence-corrected chi connectivity index (χ2v) is 4.99. The molecule has 108 valence electrons. The topological polar surface area (TPSA) is 47.9 Å². The molecule has 0 aromatic carbocycles. The first-order valence-electron chi connectivity index (χ1n) is 7.13. The minimum Gasteiger partial charge on any atom is -0.396 e. The molecule has 4 heteroatoms. The third kappa shape index (κ3) is 6.69. The van der Waals surface area contributed by atoms with Crippen molar-refractivity contribution in [2.45, 2.75) is 32.1 Å². The Morgan fingerprint density at radius 1 is 1.00 bits per heavy atom. The van der Waals surface area contributed by atoms with Crippen LogP contribution in [0.1, 0.15) is 32.1 Å². The van der Waals surface area contributed by atoms with Gasteiger partial charge in [0.25, 0.3) is 0 Å². The maximum absolute atomic E-state index is 9.39. The minimum absolute atomic E-state index is 0.304. The fourth-order valence-corrected chi connectivity index (χ4v) is 2.60. The van der Waals surface area contributed by atoms with Gasteiger partial charge in [0.1, 0.15) is 0 Å². The van der Waals surface area contributed by atoms with Crippen LogP contribution in [-0.4, -0.2) is 51.9 Å². The van der Waals surface area contributed by atoms with E-state index in [-0.39, 0.29) is 0 Å². The van der Waals surface area contributed by atoms with Crippen LogP contribution in [0, 0.1) is 11.8 Å². The SMILES string of the molecule is COCCOCCOCCC(CO)C1CCCC1. The monoisotopic (exact) mass is 260 g/mol. The molecule has 0 heterocycles. The highest BCUT2D eigenvalue weighted by molar-refractivity contribution is 4.74. The van der Waals surface area contributed by atoms with Crippen LogP contribution in [0.5, 0.6) is 0 Å². The lowest BCUT2D eigenvalue weighted by atomic mass is 9.89. The molecule has 1 rings (SSSR count). The second kappa shape index (κ2) is 10.7. The van der Waals surface area contributed by atoms with Crippen LogP contribution in [0.2, 0.25) is 0 Å². The molecule has 1 aliphatic rings. The first-order valence-corrected chi connectivity index (χ1v) is 7.13. The molecule has 1 unspecified atom stereocenters. The van der Waals surface area contributed by atoms with E-state index in [2.05, 4.69) is 0 Å². The van der Waals surface area contributed by atoms with Gasteiger partial charge >= 0.3 is 0 Å². The van der Waals surface area contributed by atoms with E-state index in [9.17, 15) is 5.11 Å². The third-order valence-corrected chi connectivity index (χ3v) is 3.74. The van der Waals surface area contributed by atoms with Crippen LogP contribution in [0.25, 0.3) is 0 Å². The van der Waals surface area contributed by atoms with Gasteiger partial charge < -0.3 is 19.3 Å². The Balaban J connectivity index is 1.92. The predicted molar refractivity (Wildman–Crippen MR) is 70.7 cm³/mol. The van der Waals surface area contributed by atoms with E-state index in [1.165, 1.54) is 25.7 Å². The van der Waals surface area contributed by atoms with Gasteiger partial charge in [0.15, 0.2) is 0 Å². The number of hydrogen-bond donors (Lipinski definition) is 1. The van der Waals surface area contributed by atoms with Gasteiger partial charge in [-0.1, -0.05) is 25.7 Å². The normalized spacial score (nSPS) is 18.3. The van der Waals surface area contributed by atoms with Crippen LogP contribution < -0.4 is 0 Å². The summed E-state index contributed by atoms with van der Waals surface area (Å²) in [6.07, 6.45) is 6.20. The number of hydrogen-bond acceptors (Lipinski definition) is 4. The van der Waals surface area contributed by atoms with Crippen LogP contribution in [0.3, 0.4) is 0 Å². The maximum Gasteiger partial charge on any atom is 0.0701 e. The summed E-state index contributed by atoms with van der Waals surface area (Å²) in [7, 11) is 1.66. The molecule has 0 amide bonds. The van der Waals surface area contributed by atoms with Crippen LogP contribution >= 0.6 is 0 Å². The van der Waals surface area contributed by atoms with Gasteiger partial charge in [-0.25, -0.2) is 0 Å². The van der Waals surface area contributed by atoms with Crippen LogP contribution in [0.15, 0.2) is 0 Å². The Morgan fingerprint density at radius 2 is 1.61 bits per heavy atom. The second-order valence-electron chi connectivity index (χ2n) is 4.99. The molecule has 0 spiro atoms. The summed E-state index contributed by atoms with van der Waals surface area (Å²) in [6.45, 7) is 3.55. The van der Waals surface area contributed by atoms with E-state index in [1.54, 1.807) is 7.11 Å². The van der Waals surface area contributed by atoms with Gasteiger partial charge in [-0.15, -0.1) is 0 Å². The van der Waals surface area contributed by atoms with E-state index < -0.39 is 0 Å². The molecular weight excluding hydrogens is 232 g/mol. The number of aliphatic hydroxyl groups excluding tert-OH is 1. The Morgan fingerprint density at radius 3 is 2.22 bits per heavy atom.